The van der Waals surface area contributed by atoms with Crippen molar-refractivity contribution in [2.75, 3.05) is 13.2 Å². The van der Waals surface area contributed by atoms with Gasteiger partial charge in [-0.1, -0.05) is 41.9 Å². The van der Waals surface area contributed by atoms with Crippen molar-refractivity contribution in [3.05, 3.63) is 34.3 Å². The van der Waals surface area contributed by atoms with Crippen LogP contribution in [0.25, 0.3) is 0 Å². The molecule has 1 aromatic carbocycles. The molecule has 0 unspecified atom stereocenters. The monoisotopic (exact) mass is 299 g/mol. The summed E-state index contributed by atoms with van der Waals surface area (Å²) in [5.41, 5.74) is 7.12. The van der Waals surface area contributed by atoms with Gasteiger partial charge in [0.2, 0.25) is 0 Å². The summed E-state index contributed by atoms with van der Waals surface area (Å²) in [4.78, 5) is 0. The Balaban J connectivity index is 2.17. The van der Waals surface area contributed by atoms with Gasteiger partial charge in [0.25, 0.3) is 0 Å². The van der Waals surface area contributed by atoms with E-state index in [4.69, 9.17) is 10.5 Å². The first-order valence-corrected chi connectivity index (χ1v) is 6.85. The van der Waals surface area contributed by atoms with Gasteiger partial charge in [-0.15, -0.1) is 0 Å². The lowest BCUT2D eigenvalue weighted by Crippen LogP contribution is -2.23. The Labute approximate surface area is 113 Å². The van der Waals surface area contributed by atoms with E-state index in [2.05, 4.69) is 41.9 Å². The Bertz CT molecular complexity index is 339. The fourth-order valence-electron chi connectivity index (χ4n) is 1.57. The van der Waals surface area contributed by atoms with E-state index in [1.807, 2.05) is 12.1 Å². The number of halogens is 1. The highest BCUT2D eigenvalue weighted by Crippen LogP contribution is 2.20. The molecule has 0 aliphatic rings. The third-order valence-electron chi connectivity index (χ3n) is 2.85. The fourth-order valence-corrected chi connectivity index (χ4v) is 2.02. The molecular weight excluding hydrogens is 278 g/mol. The number of benzene rings is 1. The highest BCUT2D eigenvalue weighted by Gasteiger charge is 2.14. The number of hydrogen-bond donors (Lipinski definition) is 1. The quantitative estimate of drug-likeness (QED) is 0.779. The van der Waals surface area contributed by atoms with Crippen molar-refractivity contribution in [3.8, 4) is 0 Å². The van der Waals surface area contributed by atoms with Crippen LogP contribution in [0.1, 0.15) is 32.3 Å². The van der Waals surface area contributed by atoms with Crippen LogP contribution in [0.15, 0.2) is 28.7 Å². The summed E-state index contributed by atoms with van der Waals surface area (Å²) in [6.45, 7) is 6.61. The molecule has 0 fully saturated rings. The molecule has 0 saturated heterocycles. The van der Waals surface area contributed by atoms with Crippen molar-refractivity contribution in [2.24, 2.45) is 11.1 Å². The lowest BCUT2D eigenvalue weighted by atomic mass is 9.88. The maximum Gasteiger partial charge on any atom is 0.0717 e. The first kappa shape index (κ1) is 14.7. The molecule has 17 heavy (non-hydrogen) atoms. The number of ether oxygens (including phenoxy) is 1. The van der Waals surface area contributed by atoms with E-state index >= 15 is 0 Å². The molecule has 0 bridgehead atoms. The molecule has 0 radical (unpaired) electrons. The van der Waals surface area contributed by atoms with Crippen LogP contribution in [0, 0.1) is 5.41 Å². The minimum atomic E-state index is 0.235. The van der Waals surface area contributed by atoms with Crippen LogP contribution in [-0.4, -0.2) is 13.2 Å². The third-order valence-corrected chi connectivity index (χ3v) is 3.35. The molecule has 0 heterocycles. The minimum Gasteiger partial charge on any atom is -0.377 e. The zero-order valence-electron chi connectivity index (χ0n) is 10.7. The summed E-state index contributed by atoms with van der Waals surface area (Å²) in [7, 11) is 0. The average molecular weight is 300 g/mol. The van der Waals surface area contributed by atoms with Crippen molar-refractivity contribution < 1.29 is 4.74 Å². The molecule has 3 heteroatoms. The number of rotatable bonds is 7. The van der Waals surface area contributed by atoms with Crippen molar-refractivity contribution in [2.45, 2.75) is 33.3 Å². The van der Waals surface area contributed by atoms with Gasteiger partial charge in [-0.05, 0) is 42.5 Å². The van der Waals surface area contributed by atoms with Gasteiger partial charge in [-0.3, -0.25) is 0 Å². The first-order chi connectivity index (χ1) is 8.03. The Morgan fingerprint density at radius 2 is 2.12 bits per heavy atom. The largest absolute Gasteiger partial charge is 0.377 e. The summed E-state index contributed by atoms with van der Waals surface area (Å²) in [6.07, 6.45) is 2.18. The van der Waals surface area contributed by atoms with Crippen molar-refractivity contribution in [1.29, 1.82) is 0 Å². The van der Waals surface area contributed by atoms with Crippen LogP contribution in [0.2, 0.25) is 0 Å². The molecular formula is C14H22BrNO. The molecule has 0 atom stereocenters. The van der Waals surface area contributed by atoms with Crippen LogP contribution < -0.4 is 5.73 Å². The van der Waals surface area contributed by atoms with Gasteiger partial charge in [0.15, 0.2) is 0 Å². The second-order valence-electron chi connectivity index (χ2n) is 5.15. The molecule has 96 valence electrons. The molecule has 0 aliphatic carbocycles. The second-order valence-corrected chi connectivity index (χ2v) is 6.07. The van der Waals surface area contributed by atoms with E-state index in [1.54, 1.807) is 0 Å². The third kappa shape index (κ3) is 6.20. The summed E-state index contributed by atoms with van der Waals surface area (Å²) in [5, 5.41) is 0. The first-order valence-electron chi connectivity index (χ1n) is 6.06. The predicted molar refractivity (Wildman–Crippen MR) is 75.9 cm³/mol. The Hall–Kier alpha value is -0.380. The maximum absolute atomic E-state index is 5.68. The minimum absolute atomic E-state index is 0.235. The van der Waals surface area contributed by atoms with Crippen LogP contribution in [0.4, 0.5) is 0 Å². The van der Waals surface area contributed by atoms with Crippen LogP contribution in [-0.2, 0) is 11.3 Å². The number of nitrogens with two attached hydrogens (primary N) is 1. The molecule has 0 aromatic heterocycles. The topological polar surface area (TPSA) is 35.2 Å². The average Bonchev–Trinajstić information content (AvgIpc) is 2.29. The van der Waals surface area contributed by atoms with Crippen molar-refractivity contribution in [3.63, 3.8) is 0 Å². The van der Waals surface area contributed by atoms with E-state index in [9.17, 15) is 0 Å². The zero-order valence-corrected chi connectivity index (χ0v) is 12.3. The predicted octanol–water partition coefficient (Wildman–Crippen LogP) is 3.73. The molecule has 1 rings (SSSR count). The molecule has 0 aliphatic heterocycles. The molecule has 0 saturated carbocycles. The molecule has 0 spiro atoms. The normalized spacial score (nSPS) is 11.8. The van der Waals surface area contributed by atoms with Crippen molar-refractivity contribution >= 4 is 15.9 Å². The highest BCUT2D eigenvalue weighted by molar-refractivity contribution is 9.10. The molecule has 1 aromatic rings. The van der Waals surface area contributed by atoms with Crippen molar-refractivity contribution in [1.82, 2.24) is 0 Å². The lowest BCUT2D eigenvalue weighted by Gasteiger charge is -2.21. The van der Waals surface area contributed by atoms with Crippen LogP contribution in [0.5, 0.6) is 0 Å². The van der Waals surface area contributed by atoms with E-state index < -0.39 is 0 Å². The van der Waals surface area contributed by atoms with E-state index in [0.29, 0.717) is 6.61 Å². The van der Waals surface area contributed by atoms with Gasteiger partial charge >= 0.3 is 0 Å². The summed E-state index contributed by atoms with van der Waals surface area (Å²) in [6, 6.07) is 8.21. The molecule has 2 nitrogen and oxygen atoms in total. The van der Waals surface area contributed by atoms with Gasteiger partial charge in [0, 0.05) is 11.1 Å². The summed E-state index contributed by atoms with van der Waals surface area (Å²) >= 11 is 3.45. The Kier molecular flexibility index (Phi) is 6.17. The summed E-state index contributed by atoms with van der Waals surface area (Å²) < 4.78 is 6.75. The maximum atomic E-state index is 5.68. The highest BCUT2D eigenvalue weighted by atomic mass is 79.9. The smallest absolute Gasteiger partial charge is 0.0717 e. The van der Waals surface area contributed by atoms with Gasteiger partial charge < -0.3 is 10.5 Å². The number of hydrogen-bond acceptors (Lipinski definition) is 2. The van der Waals surface area contributed by atoms with Gasteiger partial charge in [0.1, 0.15) is 0 Å². The second kappa shape index (κ2) is 7.14. The summed E-state index contributed by atoms with van der Waals surface area (Å²) in [5.74, 6) is 0. The van der Waals surface area contributed by atoms with E-state index in [-0.39, 0.29) is 5.41 Å². The molecule has 0 amide bonds. The zero-order chi connectivity index (χ0) is 12.7. The van der Waals surface area contributed by atoms with Gasteiger partial charge in [0.05, 0.1) is 6.61 Å². The Morgan fingerprint density at radius 3 is 2.76 bits per heavy atom. The van der Waals surface area contributed by atoms with Crippen LogP contribution >= 0.6 is 15.9 Å². The standard InChI is InChI=1S/C14H22BrNO/c1-14(2,11-16)7-4-8-17-10-12-5-3-6-13(15)9-12/h3,5-6,9H,4,7-8,10-11,16H2,1-2H3. The van der Waals surface area contributed by atoms with Gasteiger partial charge in [-0.25, -0.2) is 0 Å². The van der Waals surface area contributed by atoms with E-state index in [1.165, 1.54) is 5.56 Å². The fraction of sp³-hybridized carbons (Fsp3) is 0.571. The molecule has 2 N–H and O–H groups in total. The van der Waals surface area contributed by atoms with Crippen LogP contribution in [0.3, 0.4) is 0 Å². The SMILES string of the molecule is CC(C)(CN)CCCOCc1cccc(Br)c1. The van der Waals surface area contributed by atoms with Gasteiger partial charge in [-0.2, -0.15) is 0 Å². The Morgan fingerprint density at radius 1 is 1.35 bits per heavy atom. The lowest BCUT2D eigenvalue weighted by molar-refractivity contribution is 0.109. The van der Waals surface area contributed by atoms with E-state index in [0.717, 1.165) is 30.5 Å².